The van der Waals surface area contributed by atoms with Crippen LogP contribution < -0.4 is 9.64 Å². The van der Waals surface area contributed by atoms with Crippen LogP contribution in [0, 0.1) is 5.92 Å². The number of anilines is 1. The van der Waals surface area contributed by atoms with Gasteiger partial charge in [-0.15, -0.1) is 0 Å². The van der Waals surface area contributed by atoms with Crippen LogP contribution >= 0.6 is 0 Å². The molecule has 2 aliphatic heterocycles. The molecule has 4 rings (SSSR count). The summed E-state index contributed by atoms with van der Waals surface area (Å²) >= 11 is 0. The molecule has 0 spiro atoms. The van der Waals surface area contributed by atoms with E-state index in [4.69, 9.17) is 9.47 Å². The largest absolute Gasteiger partial charge is 0.497 e. The highest BCUT2D eigenvalue weighted by atomic mass is 16.5. The molecule has 1 N–H and O–H groups in total. The van der Waals surface area contributed by atoms with Crippen LogP contribution in [0.1, 0.15) is 40.1 Å². The summed E-state index contributed by atoms with van der Waals surface area (Å²) in [7, 11) is 1.54. The number of carbonyl (C=O) groups is 4. The quantitative estimate of drug-likeness (QED) is 0.522. The lowest BCUT2D eigenvalue weighted by Crippen LogP contribution is -2.27. The number of nitrogens with zero attached hydrogens (tertiary/aromatic N) is 2. The minimum absolute atomic E-state index is 0.0167. The second-order valence-corrected chi connectivity index (χ2v) is 7.94. The number of amides is 2. The number of aromatic amines is 1. The Morgan fingerprint density at radius 1 is 1.16 bits per heavy atom. The fraction of sp³-hybridized carbons (Fsp3) is 0.391. The normalized spacial score (nSPS) is 18.2. The number of rotatable bonds is 7. The third-order valence-electron chi connectivity index (χ3n) is 5.80. The number of aromatic nitrogens is 1. The Hall–Kier alpha value is -3.62. The predicted molar refractivity (Wildman–Crippen MR) is 115 cm³/mol. The fourth-order valence-corrected chi connectivity index (χ4v) is 4.00. The van der Waals surface area contributed by atoms with Crippen molar-refractivity contribution >= 4 is 29.3 Å². The van der Waals surface area contributed by atoms with Gasteiger partial charge in [0, 0.05) is 49.6 Å². The molecule has 32 heavy (non-hydrogen) atoms. The summed E-state index contributed by atoms with van der Waals surface area (Å²) < 4.78 is 10.4. The highest BCUT2D eigenvalue weighted by Gasteiger charge is 2.36. The molecule has 0 aliphatic carbocycles. The average Bonchev–Trinajstić information content (AvgIpc) is 3.57. The van der Waals surface area contributed by atoms with Crippen molar-refractivity contribution in [1.29, 1.82) is 0 Å². The van der Waals surface area contributed by atoms with Crippen molar-refractivity contribution in [2.45, 2.75) is 19.3 Å². The highest BCUT2D eigenvalue weighted by Crippen LogP contribution is 2.28. The van der Waals surface area contributed by atoms with Crippen LogP contribution in [-0.2, 0) is 14.3 Å². The Labute approximate surface area is 185 Å². The Morgan fingerprint density at radius 2 is 1.94 bits per heavy atom. The average molecular weight is 439 g/mol. The lowest BCUT2D eigenvalue weighted by Gasteiger charge is -2.17. The van der Waals surface area contributed by atoms with Crippen molar-refractivity contribution in [3.8, 4) is 5.75 Å². The molecule has 1 atom stereocenters. The molecular weight excluding hydrogens is 414 g/mol. The third-order valence-corrected chi connectivity index (χ3v) is 5.80. The fourth-order valence-electron chi connectivity index (χ4n) is 4.00. The van der Waals surface area contributed by atoms with E-state index < -0.39 is 24.3 Å². The van der Waals surface area contributed by atoms with E-state index in [2.05, 4.69) is 4.98 Å². The predicted octanol–water partition coefficient (Wildman–Crippen LogP) is 2.04. The number of H-pyrrole nitrogens is 1. The number of carbonyl (C=O) groups excluding carboxylic acids is 4. The van der Waals surface area contributed by atoms with Gasteiger partial charge in [-0.25, -0.2) is 0 Å². The molecule has 2 saturated heterocycles. The molecule has 2 aromatic rings. The van der Waals surface area contributed by atoms with Crippen molar-refractivity contribution in [3.05, 3.63) is 47.8 Å². The van der Waals surface area contributed by atoms with Crippen molar-refractivity contribution < 1.29 is 28.7 Å². The molecule has 0 radical (unpaired) electrons. The number of ether oxygens (including phenoxy) is 2. The van der Waals surface area contributed by atoms with Gasteiger partial charge in [0.15, 0.2) is 6.61 Å². The first-order valence-electron chi connectivity index (χ1n) is 10.6. The second-order valence-electron chi connectivity index (χ2n) is 7.94. The number of hydrogen-bond donors (Lipinski definition) is 1. The number of methoxy groups -OCH3 is 1. The summed E-state index contributed by atoms with van der Waals surface area (Å²) in [5.41, 5.74) is 1.26. The molecular formula is C23H25N3O6. The van der Waals surface area contributed by atoms with E-state index in [1.54, 1.807) is 29.2 Å². The minimum Gasteiger partial charge on any atom is -0.497 e. The zero-order valence-electron chi connectivity index (χ0n) is 17.8. The SMILES string of the molecule is COc1cccc(N2CC(C(=O)OCC(=O)c3c[nH]c(C(=O)N4CCCC4)c3)CC2=O)c1. The van der Waals surface area contributed by atoms with Crippen LogP contribution in [0.4, 0.5) is 5.69 Å². The van der Waals surface area contributed by atoms with Gasteiger partial charge in [0.1, 0.15) is 11.4 Å². The molecule has 168 valence electrons. The van der Waals surface area contributed by atoms with Gasteiger partial charge in [0.2, 0.25) is 11.7 Å². The van der Waals surface area contributed by atoms with Gasteiger partial charge in [-0.2, -0.15) is 0 Å². The number of Topliss-reactive ketones (excluding diaryl/α,β-unsaturated/α-hetero) is 1. The molecule has 1 unspecified atom stereocenters. The number of nitrogens with one attached hydrogen (secondary N) is 1. The number of likely N-dealkylation sites (tertiary alicyclic amines) is 1. The number of hydrogen-bond acceptors (Lipinski definition) is 6. The Kier molecular flexibility index (Phi) is 6.25. The van der Waals surface area contributed by atoms with Crippen molar-refractivity contribution in [3.63, 3.8) is 0 Å². The number of benzene rings is 1. The van der Waals surface area contributed by atoms with E-state index >= 15 is 0 Å². The molecule has 2 amide bonds. The first-order chi connectivity index (χ1) is 15.5. The maximum Gasteiger partial charge on any atom is 0.311 e. The van der Waals surface area contributed by atoms with Crippen LogP contribution in [0.25, 0.3) is 0 Å². The summed E-state index contributed by atoms with van der Waals surface area (Å²) in [6, 6.07) is 8.52. The summed E-state index contributed by atoms with van der Waals surface area (Å²) in [6.45, 7) is 1.16. The van der Waals surface area contributed by atoms with E-state index in [1.165, 1.54) is 24.3 Å². The molecule has 9 nitrogen and oxygen atoms in total. The number of esters is 1. The molecule has 0 bridgehead atoms. The van der Waals surface area contributed by atoms with Gasteiger partial charge in [-0.05, 0) is 31.0 Å². The topological polar surface area (TPSA) is 109 Å². The molecule has 0 saturated carbocycles. The molecule has 1 aromatic heterocycles. The van der Waals surface area contributed by atoms with Gasteiger partial charge in [-0.1, -0.05) is 6.07 Å². The highest BCUT2D eigenvalue weighted by molar-refractivity contribution is 6.02. The van der Waals surface area contributed by atoms with E-state index in [9.17, 15) is 19.2 Å². The minimum atomic E-state index is -0.653. The Bertz CT molecular complexity index is 1040. The van der Waals surface area contributed by atoms with Crippen LogP contribution in [-0.4, -0.2) is 66.8 Å². The van der Waals surface area contributed by atoms with E-state index in [0.29, 0.717) is 30.2 Å². The summed E-state index contributed by atoms with van der Waals surface area (Å²) in [5.74, 6) is -1.38. The van der Waals surface area contributed by atoms with Crippen molar-refractivity contribution in [2.24, 2.45) is 5.92 Å². The first kappa shape index (κ1) is 21.6. The first-order valence-corrected chi connectivity index (χ1v) is 10.6. The molecule has 1 aromatic carbocycles. The Balaban J connectivity index is 1.31. The Morgan fingerprint density at radius 3 is 2.69 bits per heavy atom. The standard InChI is InChI=1S/C23H25N3O6/c1-31-18-6-4-5-17(11-18)26-13-16(10-21(26)28)23(30)32-14-20(27)15-9-19(24-12-15)22(29)25-7-2-3-8-25/h4-6,9,11-12,16,24H,2-3,7-8,10,13-14H2,1H3. The number of ketones is 1. The van der Waals surface area contributed by atoms with E-state index in [1.807, 2.05) is 0 Å². The summed E-state index contributed by atoms with van der Waals surface area (Å²) in [6.07, 6.45) is 3.42. The maximum absolute atomic E-state index is 12.5. The molecule has 3 heterocycles. The second kappa shape index (κ2) is 9.25. The maximum atomic E-state index is 12.5. The third kappa shape index (κ3) is 4.51. The summed E-state index contributed by atoms with van der Waals surface area (Å²) in [5, 5.41) is 0. The van der Waals surface area contributed by atoms with E-state index in [0.717, 1.165) is 12.8 Å². The monoisotopic (exact) mass is 439 g/mol. The van der Waals surface area contributed by atoms with Gasteiger partial charge in [0.05, 0.1) is 13.0 Å². The smallest absolute Gasteiger partial charge is 0.311 e. The molecule has 9 heteroatoms. The zero-order chi connectivity index (χ0) is 22.7. The van der Waals surface area contributed by atoms with Crippen LogP contribution in [0.5, 0.6) is 5.75 Å². The van der Waals surface area contributed by atoms with Crippen LogP contribution in [0.15, 0.2) is 36.5 Å². The van der Waals surface area contributed by atoms with Gasteiger partial charge in [-0.3, -0.25) is 19.2 Å². The van der Waals surface area contributed by atoms with Gasteiger partial charge >= 0.3 is 5.97 Å². The lowest BCUT2D eigenvalue weighted by atomic mass is 10.1. The molecule has 2 aliphatic rings. The molecule has 2 fully saturated rings. The van der Waals surface area contributed by atoms with Crippen LogP contribution in [0.3, 0.4) is 0 Å². The van der Waals surface area contributed by atoms with Gasteiger partial charge in [0.25, 0.3) is 5.91 Å². The van der Waals surface area contributed by atoms with Gasteiger partial charge < -0.3 is 24.3 Å². The van der Waals surface area contributed by atoms with Crippen molar-refractivity contribution in [2.75, 3.05) is 38.3 Å². The van der Waals surface area contributed by atoms with Crippen LogP contribution in [0.2, 0.25) is 0 Å². The lowest BCUT2D eigenvalue weighted by molar-refractivity contribution is -0.147. The zero-order valence-corrected chi connectivity index (χ0v) is 17.8. The van der Waals surface area contributed by atoms with E-state index in [-0.39, 0.29) is 30.3 Å². The summed E-state index contributed by atoms with van der Waals surface area (Å²) in [4.78, 5) is 55.8. The van der Waals surface area contributed by atoms with Crippen molar-refractivity contribution in [1.82, 2.24) is 9.88 Å².